The van der Waals surface area contributed by atoms with Crippen LogP contribution in [0.1, 0.15) is 22.8 Å². The van der Waals surface area contributed by atoms with E-state index >= 15 is 0 Å². The molecule has 8 heteroatoms. The van der Waals surface area contributed by atoms with Gasteiger partial charge < -0.3 is 15.5 Å². The molecule has 0 spiro atoms. The molecule has 0 heterocycles. The van der Waals surface area contributed by atoms with Crippen LogP contribution in [0, 0.1) is 0 Å². The van der Waals surface area contributed by atoms with Gasteiger partial charge in [0.25, 0.3) is 5.91 Å². The molecule has 20 heavy (non-hydrogen) atoms. The minimum Gasteiger partial charge on any atom is -0.380 e. The van der Waals surface area contributed by atoms with Gasteiger partial charge in [-0.3, -0.25) is 10.6 Å². The highest BCUT2D eigenvalue weighted by molar-refractivity contribution is 6.00. The van der Waals surface area contributed by atoms with Crippen molar-refractivity contribution in [1.82, 2.24) is 5.32 Å². The number of carbonyl (C=O) groups is 1. The number of ether oxygens (including phenoxy) is 1. The van der Waals surface area contributed by atoms with Gasteiger partial charge >= 0.3 is 6.18 Å². The van der Waals surface area contributed by atoms with Crippen molar-refractivity contribution in [3.63, 3.8) is 0 Å². The Kier molecular flexibility index (Phi) is 5.78. The lowest BCUT2D eigenvalue weighted by molar-refractivity contribution is -0.137. The third kappa shape index (κ3) is 4.10. The number of alkyl halides is 3. The van der Waals surface area contributed by atoms with Crippen LogP contribution in [0.25, 0.3) is 0 Å². The van der Waals surface area contributed by atoms with Gasteiger partial charge in [0, 0.05) is 13.2 Å². The number of hydrazine groups is 1. The van der Waals surface area contributed by atoms with E-state index in [1.54, 1.807) is 6.92 Å². The van der Waals surface area contributed by atoms with Crippen molar-refractivity contribution in [1.29, 1.82) is 0 Å². The van der Waals surface area contributed by atoms with Crippen LogP contribution in [0.5, 0.6) is 0 Å². The summed E-state index contributed by atoms with van der Waals surface area (Å²) in [6.07, 6.45) is -4.59. The van der Waals surface area contributed by atoms with E-state index in [2.05, 4.69) is 5.32 Å². The molecule has 0 aliphatic rings. The second kappa shape index (κ2) is 7.11. The number of hydrogen-bond acceptors (Lipinski definition) is 4. The summed E-state index contributed by atoms with van der Waals surface area (Å²) in [7, 11) is 0. The molecule has 0 unspecified atom stereocenters. The van der Waals surface area contributed by atoms with E-state index in [9.17, 15) is 18.0 Å². The maximum Gasteiger partial charge on any atom is 0.418 e. The third-order valence-electron chi connectivity index (χ3n) is 2.49. The first kappa shape index (κ1) is 16.3. The van der Waals surface area contributed by atoms with Gasteiger partial charge in [-0.15, -0.1) is 0 Å². The average Bonchev–Trinajstić information content (AvgIpc) is 2.41. The normalized spacial score (nSPS) is 11.2. The Bertz CT molecular complexity index is 464. The lowest BCUT2D eigenvalue weighted by atomic mass is 10.1. The second-order valence-electron chi connectivity index (χ2n) is 3.82. The van der Waals surface area contributed by atoms with Crippen LogP contribution < -0.4 is 16.6 Å². The monoisotopic (exact) mass is 291 g/mol. The Morgan fingerprint density at radius 3 is 2.65 bits per heavy atom. The number of anilines is 1. The van der Waals surface area contributed by atoms with E-state index < -0.39 is 23.3 Å². The zero-order chi connectivity index (χ0) is 15.2. The number of hydrogen-bond donors (Lipinski definition) is 3. The Hall–Kier alpha value is -1.80. The van der Waals surface area contributed by atoms with Crippen molar-refractivity contribution in [3.05, 3.63) is 29.3 Å². The number of amides is 1. The Morgan fingerprint density at radius 1 is 1.40 bits per heavy atom. The molecule has 0 aliphatic heterocycles. The summed E-state index contributed by atoms with van der Waals surface area (Å²) in [6, 6.07) is 3.27. The number of halogens is 3. The molecule has 0 atom stereocenters. The molecule has 0 saturated heterocycles. The predicted molar refractivity (Wildman–Crippen MR) is 68.1 cm³/mol. The molecule has 0 radical (unpaired) electrons. The summed E-state index contributed by atoms with van der Waals surface area (Å²) >= 11 is 0. The van der Waals surface area contributed by atoms with E-state index in [1.807, 2.05) is 5.43 Å². The second-order valence-corrected chi connectivity index (χ2v) is 3.82. The van der Waals surface area contributed by atoms with E-state index in [-0.39, 0.29) is 18.7 Å². The summed E-state index contributed by atoms with van der Waals surface area (Å²) in [6.45, 7) is 2.78. The molecule has 5 nitrogen and oxygen atoms in total. The number of benzene rings is 1. The first-order valence-corrected chi connectivity index (χ1v) is 5.94. The van der Waals surface area contributed by atoms with Crippen LogP contribution >= 0.6 is 0 Å². The maximum absolute atomic E-state index is 12.8. The van der Waals surface area contributed by atoms with Crippen LogP contribution in [-0.4, -0.2) is 25.7 Å². The number of nitrogen functional groups attached to an aromatic ring is 1. The number of nitrogens with one attached hydrogen (secondary N) is 2. The lowest BCUT2D eigenvalue weighted by Gasteiger charge is -2.16. The lowest BCUT2D eigenvalue weighted by Crippen LogP contribution is -2.29. The van der Waals surface area contributed by atoms with Crippen molar-refractivity contribution in [2.24, 2.45) is 5.84 Å². The zero-order valence-electron chi connectivity index (χ0n) is 10.9. The summed E-state index contributed by atoms with van der Waals surface area (Å²) < 4.78 is 43.4. The van der Waals surface area contributed by atoms with E-state index in [0.717, 1.165) is 12.1 Å². The largest absolute Gasteiger partial charge is 0.418 e. The quantitative estimate of drug-likeness (QED) is 0.424. The number of nitrogens with two attached hydrogens (primary N) is 1. The van der Waals surface area contributed by atoms with Gasteiger partial charge in [0.15, 0.2) is 0 Å². The van der Waals surface area contributed by atoms with Crippen LogP contribution in [0.4, 0.5) is 18.9 Å². The van der Waals surface area contributed by atoms with Gasteiger partial charge in [0.2, 0.25) is 0 Å². The predicted octanol–water partition coefficient (Wildman–Crippen LogP) is 1.76. The van der Waals surface area contributed by atoms with Crippen LogP contribution in [0.3, 0.4) is 0 Å². The van der Waals surface area contributed by atoms with Crippen molar-refractivity contribution in [3.8, 4) is 0 Å². The highest BCUT2D eigenvalue weighted by Crippen LogP contribution is 2.36. The standard InChI is InChI=1S/C12H16F3N3O2/c1-2-20-7-6-17-11(19)8-4-3-5-9(10(8)18-16)12(13,14)15/h3-5,18H,2,6-7,16H2,1H3,(H,17,19). The van der Waals surface area contributed by atoms with Crippen LogP contribution in [0.2, 0.25) is 0 Å². The highest BCUT2D eigenvalue weighted by atomic mass is 19.4. The number of para-hydroxylation sites is 1. The van der Waals surface area contributed by atoms with Gasteiger partial charge in [-0.2, -0.15) is 13.2 Å². The topological polar surface area (TPSA) is 76.4 Å². The van der Waals surface area contributed by atoms with Crippen molar-refractivity contribution in [2.45, 2.75) is 13.1 Å². The first-order valence-electron chi connectivity index (χ1n) is 5.94. The average molecular weight is 291 g/mol. The molecule has 1 aromatic rings. The van der Waals surface area contributed by atoms with E-state index in [1.165, 1.54) is 6.07 Å². The third-order valence-corrected chi connectivity index (χ3v) is 2.49. The molecule has 0 bridgehead atoms. The molecule has 4 N–H and O–H groups in total. The molecule has 1 rings (SSSR count). The summed E-state index contributed by atoms with van der Waals surface area (Å²) in [5.74, 6) is 4.46. The van der Waals surface area contributed by atoms with Crippen molar-refractivity contribution in [2.75, 3.05) is 25.2 Å². The summed E-state index contributed by atoms with van der Waals surface area (Å²) in [4.78, 5) is 11.8. The molecule has 0 aliphatic carbocycles. The fourth-order valence-corrected chi connectivity index (χ4v) is 1.61. The smallest absolute Gasteiger partial charge is 0.380 e. The maximum atomic E-state index is 12.8. The molecule has 1 amide bonds. The van der Waals surface area contributed by atoms with Crippen LogP contribution in [0.15, 0.2) is 18.2 Å². The molecular formula is C12H16F3N3O2. The van der Waals surface area contributed by atoms with Gasteiger partial charge in [-0.1, -0.05) is 6.07 Å². The Balaban J connectivity index is 2.92. The molecule has 0 fully saturated rings. The minimum atomic E-state index is -4.59. The first-order chi connectivity index (χ1) is 9.41. The molecule has 0 saturated carbocycles. The Labute approximate surface area is 114 Å². The fourth-order valence-electron chi connectivity index (χ4n) is 1.61. The van der Waals surface area contributed by atoms with Crippen molar-refractivity contribution >= 4 is 11.6 Å². The van der Waals surface area contributed by atoms with Gasteiger partial charge in [0.1, 0.15) is 0 Å². The Morgan fingerprint density at radius 2 is 2.10 bits per heavy atom. The van der Waals surface area contributed by atoms with Gasteiger partial charge in [-0.25, -0.2) is 0 Å². The highest BCUT2D eigenvalue weighted by Gasteiger charge is 2.35. The molecular weight excluding hydrogens is 275 g/mol. The van der Waals surface area contributed by atoms with E-state index in [4.69, 9.17) is 10.6 Å². The van der Waals surface area contributed by atoms with Gasteiger partial charge in [0.05, 0.1) is 23.4 Å². The van der Waals surface area contributed by atoms with Crippen molar-refractivity contribution < 1.29 is 22.7 Å². The fraction of sp³-hybridized carbons (Fsp3) is 0.417. The molecule has 0 aromatic heterocycles. The minimum absolute atomic E-state index is 0.168. The molecule has 1 aromatic carbocycles. The SMILES string of the molecule is CCOCCNC(=O)c1cccc(C(F)(F)F)c1NN. The van der Waals surface area contributed by atoms with Crippen LogP contribution in [-0.2, 0) is 10.9 Å². The molecule has 112 valence electrons. The number of carbonyl (C=O) groups excluding carboxylic acids is 1. The summed E-state index contributed by atoms with van der Waals surface area (Å²) in [5.41, 5.74) is 0.335. The number of rotatable bonds is 6. The van der Waals surface area contributed by atoms with Gasteiger partial charge in [-0.05, 0) is 19.1 Å². The summed E-state index contributed by atoms with van der Waals surface area (Å²) in [5, 5.41) is 2.46. The van der Waals surface area contributed by atoms with E-state index in [0.29, 0.717) is 6.61 Å². The zero-order valence-corrected chi connectivity index (χ0v) is 10.9.